The molecule has 3 unspecified atom stereocenters. The van der Waals surface area contributed by atoms with Crippen LogP contribution in [0.25, 0.3) is 0 Å². The summed E-state index contributed by atoms with van der Waals surface area (Å²) in [4.78, 5) is 1.44. The Bertz CT molecular complexity index is 223. The van der Waals surface area contributed by atoms with Crippen LogP contribution >= 0.6 is 0 Å². The van der Waals surface area contributed by atoms with Crippen LogP contribution in [0.1, 0.15) is 20.3 Å². The lowest BCUT2D eigenvalue weighted by atomic mass is 10.1. The van der Waals surface area contributed by atoms with Gasteiger partial charge in [-0.05, 0) is 13.3 Å². The van der Waals surface area contributed by atoms with Crippen molar-refractivity contribution < 1.29 is 17.9 Å². The highest BCUT2D eigenvalue weighted by Crippen LogP contribution is 2.28. The third kappa shape index (κ3) is 3.09. The fourth-order valence-corrected chi connectivity index (χ4v) is 2.06. The quantitative estimate of drug-likeness (QED) is 0.810. The monoisotopic (exact) mass is 240 g/mol. The van der Waals surface area contributed by atoms with Gasteiger partial charge in [0.25, 0.3) is 0 Å². The van der Waals surface area contributed by atoms with E-state index in [4.69, 9.17) is 10.5 Å². The second kappa shape index (κ2) is 5.33. The van der Waals surface area contributed by atoms with Crippen LogP contribution in [0.5, 0.6) is 0 Å². The summed E-state index contributed by atoms with van der Waals surface area (Å²) in [6.07, 6.45) is -3.79. The van der Waals surface area contributed by atoms with Crippen LogP contribution in [0.4, 0.5) is 13.2 Å². The molecule has 6 heteroatoms. The Hall–Kier alpha value is -0.330. The lowest BCUT2D eigenvalue weighted by Gasteiger charge is -2.43. The molecule has 0 amide bonds. The molecule has 2 N–H and O–H groups in total. The van der Waals surface area contributed by atoms with Crippen molar-refractivity contribution in [2.45, 2.75) is 44.6 Å². The zero-order valence-corrected chi connectivity index (χ0v) is 9.63. The van der Waals surface area contributed by atoms with Crippen LogP contribution in [0.2, 0.25) is 0 Å². The maximum Gasteiger partial charge on any atom is 0.405 e. The van der Waals surface area contributed by atoms with E-state index in [1.807, 2.05) is 6.92 Å². The smallest absolute Gasteiger partial charge is 0.376 e. The van der Waals surface area contributed by atoms with E-state index >= 15 is 0 Å². The van der Waals surface area contributed by atoms with Gasteiger partial charge in [0.1, 0.15) is 6.04 Å². The highest BCUT2D eigenvalue weighted by molar-refractivity contribution is 4.88. The van der Waals surface area contributed by atoms with Crippen molar-refractivity contribution >= 4 is 0 Å². The van der Waals surface area contributed by atoms with Gasteiger partial charge in [-0.25, -0.2) is 0 Å². The van der Waals surface area contributed by atoms with Crippen molar-refractivity contribution in [2.24, 2.45) is 5.73 Å². The minimum absolute atomic E-state index is 0.167. The van der Waals surface area contributed by atoms with Gasteiger partial charge in [-0.1, -0.05) is 6.92 Å². The van der Waals surface area contributed by atoms with Gasteiger partial charge in [-0.15, -0.1) is 0 Å². The molecule has 0 aromatic rings. The molecule has 0 radical (unpaired) electrons. The van der Waals surface area contributed by atoms with Gasteiger partial charge in [-0.2, -0.15) is 13.2 Å². The molecule has 0 spiro atoms. The summed E-state index contributed by atoms with van der Waals surface area (Å²) in [5.41, 5.74) is 5.25. The van der Waals surface area contributed by atoms with Gasteiger partial charge in [0.15, 0.2) is 0 Å². The zero-order valence-electron chi connectivity index (χ0n) is 9.63. The summed E-state index contributed by atoms with van der Waals surface area (Å²) in [7, 11) is 0. The van der Waals surface area contributed by atoms with Crippen molar-refractivity contribution in [3.05, 3.63) is 0 Å². The summed E-state index contributed by atoms with van der Waals surface area (Å²) < 4.78 is 43.7. The zero-order chi connectivity index (χ0) is 12.3. The van der Waals surface area contributed by atoms with Gasteiger partial charge in [0.2, 0.25) is 0 Å². The molecule has 0 bridgehead atoms. The summed E-state index contributed by atoms with van der Waals surface area (Å²) in [5.74, 6) is 0. The molecule has 1 heterocycles. The second-order valence-electron chi connectivity index (χ2n) is 4.20. The molecule has 1 saturated heterocycles. The van der Waals surface area contributed by atoms with Crippen molar-refractivity contribution in [1.82, 2.24) is 4.90 Å². The van der Waals surface area contributed by atoms with Crippen LogP contribution in [-0.4, -0.2) is 49.0 Å². The Labute approximate surface area is 93.7 Å². The number of nitrogens with zero attached hydrogens (tertiary/aromatic N) is 1. The number of hydrogen-bond donors (Lipinski definition) is 1. The van der Waals surface area contributed by atoms with E-state index in [1.54, 1.807) is 6.92 Å². The van der Waals surface area contributed by atoms with Gasteiger partial charge in [0.05, 0.1) is 12.7 Å². The second-order valence-corrected chi connectivity index (χ2v) is 4.20. The van der Waals surface area contributed by atoms with Crippen LogP contribution in [0, 0.1) is 0 Å². The number of rotatable bonds is 3. The number of nitrogens with two attached hydrogens (primary N) is 1. The minimum Gasteiger partial charge on any atom is -0.376 e. The molecule has 0 aromatic heterocycles. The molecule has 0 saturated carbocycles. The molecule has 0 aliphatic carbocycles. The maximum atomic E-state index is 12.8. The molecule has 16 heavy (non-hydrogen) atoms. The molecule has 96 valence electrons. The predicted molar refractivity (Wildman–Crippen MR) is 55.1 cm³/mol. The summed E-state index contributed by atoms with van der Waals surface area (Å²) in [5, 5.41) is 0. The van der Waals surface area contributed by atoms with Crippen LogP contribution in [0.15, 0.2) is 0 Å². The highest BCUT2D eigenvalue weighted by atomic mass is 19.4. The first-order valence-corrected chi connectivity index (χ1v) is 5.54. The van der Waals surface area contributed by atoms with Crippen LogP contribution in [-0.2, 0) is 4.74 Å². The molecule has 1 fully saturated rings. The van der Waals surface area contributed by atoms with E-state index in [-0.39, 0.29) is 12.1 Å². The molecule has 0 aromatic carbocycles. The summed E-state index contributed by atoms with van der Waals surface area (Å²) in [6.45, 7) is 3.89. The highest BCUT2D eigenvalue weighted by Gasteiger charge is 2.46. The van der Waals surface area contributed by atoms with Crippen LogP contribution in [0.3, 0.4) is 0 Å². The molecule has 3 nitrogen and oxygen atoms in total. The Morgan fingerprint density at radius 1 is 1.50 bits per heavy atom. The number of morpholine rings is 1. The fourth-order valence-electron chi connectivity index (χ4n) is 2.06. The van der Waals surface area contributed by atoms with E-state index in [1.165, 1.54) is 4.90 Å². The van der Waals surface area contributed by atoms with Crippen molar-refractivity contribution in [2.75, 3.05) is 19.7 Å². The van der Waals surface area contributed by atoms with Gasteiger partial charge in [0, 0.05) is 19.1 Å². The van der Waals surface area contributed by atoms with Crippen LogP contribution < -0.4 is 5.73 Å². The molecule has 3 atom stereocenters. The molecule has 1 aliphatic heterocycles. The van der Waals surface area contributed by atoms with Gasteiger partial charge >= 0.3 is 6.18 Å². The molecular weight excluding hydrogens is 221 g/mol. The lowest BCUT2D eigenvalue weighted by Crippen LogP contribution is -2.59. The van der Waals surface area contributed by atoms with Crippen molar-refractivity contribution in [3.63, 3.8) is 0 Å². The number of hydrogen-bond acceptors (Lipinski definition) is 3. The first kappa shape index (κ1) is 13.7. The van der Waals surface area contributed by atoms with Crippen molar-refractivity contribution in [1.29, 1.82) is 0 Å². The summed E-state index contributed by atoms with van der Waals surface area (Å²) in [6, 6.07) is -1.74. The summed E-state index contributed by atoms with van der Waals surface area (Å²) >= 11 is 0. The number of alkyl halides is 3. The first-order valence-electron chi connectivity index (χ1n) is 5.54. The third-order valence-electron chi connectivity index (χ3n) is 2.98. The van der Waals surface area contributed by atoms with E-state index in [0.717, 1.165) is 0 Å². The van der Waals surface area contributed by atoms with E-state index in [9.17, 15) is 13.2 Å². The van der Waals surface area contributed by atoms with Gasteiger partial charge < -0.3 is 10.5 Å². The average molecular weight is 240 g/mol. The Morgan fingerprint density at radius 2 is 2.12 bits per heavy atom. The number of halogens is 3. The largest absolute Gasteiger partial charge is 0.405 e. The van der Waals surface area contributed by atoms with E-state index in [2.05, 4.69) is 0 Å². The fraction of sp³-hybridized carbons (Fsp3) is 1.00. The standard InChI is InChI=1S/C10H19F3N2O/c1-3-8-6-16-7(2)5-15(8)9(4-14)10(11,12)13/h7-9H,3-6,14H2,1-2H3. The molecular formula is C10H19F3N2O. The van der Waals surface area contributed by atoms with Crippen molar-refractivity contribution in [3.8, 4) is 0 Å². The normalized spacial score (nSPS) is 30.4. The lowest BCUT2D eigenvalue weighted by molar-refractivity contribution is -0.204. The van der Waals surface area contributed by atoms with Gasteiger partial charge in [-0.3, -0.25) is 4.90 Å². The van der Waals surface area contributed by atoms with E-state index in [0.29, 0.717) is 19.6 Å². The Kier molecular flexibility index (Phi) is 4.58. The Balaban J connectivity index is 2.79. The first-order chi connectivity index (χ1) is 7.40. The third-order valence-corrected chi connectivity index (χ3v) is 2.98. The SMILES string of the molecule is CCC1COC(C)CN1C(CN)C(F)(F)F. The topological polar surface area (TPSA) is 38.5 Å². The van der Waals surface area contributed by atoms with E-state index < -0.39 is 18.8 Å². The molecule has 1 aliphatic rings. The number of ether oxygens (including phenoxy) is 1. The Morgan fingerprint density at radius 3 is 2.56 bits per heavy atom. The maximum absolute atomic E-state index is 12.8. The minimum atomic E-state index is -4.26. The predicted octanol–water partition coefficient (Wildman–Crippen LogP) is 1.38. The average Bonchev–Trinajstić information content (AvgIpc) is 2.17. The molecule has 1 rings (SSSR count).